The summed E-state index contributed by atoms with van der Waals surface area (Å²) in [5.74, 6) is 0.0605. The van der Waals surface area contributed by atoms with Gasteiger partial charge in [-0.05, 0) is 37.5 Å². The van der Waals surface area contributed by atoms with Gasteiger partial charge in [-0.15, -0.1) is 0 Å². The molecule has 28 heavy (non-hydrogen) atoms. The number of hydrazine groups is 1. The van der Waals surface area contributed by atoms with Crippen molar-refractivity contribution < 1.29 is 14.4 Å². The van der Waals surface area contributed by atoms with E-state index in [4.69, 9.17) is 15.3 Å². The first-order valence-corrected chi connectivity index (χ1v) is 10.1. The lowest BCUT2D eigenvalue weighted by molar-refractivity contribution is -0.205. The number of morpholine rings is 1. The van der Waals surface area contributed by atoms with Crippen LogP contribution in [0.15, 0.2) is 12.1 Å². The number of nitrogens with two attached hydrogens (primary N) is 1. The highest BCUT2D eigenvalue weighted by molar-refractivity contribution is 5.80. The number of nitrogens with zero attached hydrogens (tertiary/aromatic N) is 3. The molecule has 0 radical (unpaired) electrons. The van der Waals surface area contributed by atoms with E-state index in [0.29, 0.717) is 58.7 Å². The van der Waals surface area contributed by atoms with E-state index in [1.165, 1.54) is 5.56 Å². The summed E-state index contributed by atoms with van der Waals surface area (Å²) in [5, 5.41) is 5.84. The maximum absolute atomic E-state index is 13.6. The van der Waals surface area contributed by atoms with Crippen molar-refractivity contribution in [1.29, 1.82) is 0 Å². The summed E-state index contributed by atoms with van der Waals surface area (Å²) < 4.78 is 5.51. The van der Waals surface area contributed by atoms with E-state index in [-0.39, 0.29) is 5.91 Å². The fraction of sp³-hybridized carbons (Fsp3) is 0.667. The Bertz CT molecular complexity index is 672. The van der Waals surface area contributed by atoms with Crippen LogP contribution in [0.25, 0.3) is 0 Å². The van der Waals surface area contributed by atoms with Gasteiger partial charge in [-0.3, -0.25) is 9.80 Å². The van der Waals surface area contributed by atoms with Gasteiger partial charge in [0, 0.05) is 39.0 Å². The molecule has 2 N–H and O–H groups in total. The minimum atomic E-state index is -0.698. The van der Waals surface area contributed by atoms with E-state index >= 15 is 0 Å². The number of aryl methyl sites for hydroxylation is 3. The first-order chi connectivity index (χ1) is 13.3. The van der Waals surface area contributed by atoms with E-state index in [1.807, 2.05) is 10.1 Å². The minimum absolute atomic E-state index is 0.0605. The average Bonchev–Trinajstić information content (AvgIpc) is 2.66. The van der Waals surface area contributed by atoms with Gasteiger partial charge in [0.15, 0.2) is 0 Å². The smallest absolute Gasteiger partial charge is 0.243 e. The van der Waals surface area contributed by atoms with Crippen LogP contribution in [-0.2, 0) is 20.8 Å². The molecule has 7 nitrogen and oxygen atoms in total. The fourth-order valence-corrected chi connectivity index (χ4v) is 4.42. The number of piperidine rings is 1. The van der Waals surface area contributed by atoms with E-state index in [0.717, 1.165) is 16.7 Å². The summed E-state index contributed by atoms with van der Waals surface area (Å²) >= 11 is 0. The summed E-state index contributed by atoms with van der Waals surface area (Å²) in [6.45, 7) is 10.3. The average molecular weight is 391 g/mol. The maximum Gasteiger partial charge on any atom is 0.243 e. The maximum atomic E-state index is 13.6. The molecule has 1 aromatic carbocycles. The Balaban J connectivity index is 1.85. The molecule has 2 fully saturated rings. The van der Waals surface area contributed by atoms with Gasteiger partial charge in [-0.1, -0.05) is 17.7 Å². The van der Waals surface area contributed by atoms with Crippen molar-refractivity contribution in [2.24, 2.45) is 5.73 Å². The van der Waals surface area contributed by atoms with Crippen molar-refractivity contribution >= 4 is 5.91 Å². The number of ether oxygens (including phenoxy) is 1. The molecule has 0 unspecified atom stereocenters. The van der Waals surface area contributed by atoms with Crippen LogP contribution in [0.1, 0.15) is 35.1 Å². The van der Waals surface area contributed by atoms with Crippen LogP contribution < -0.4 is 5.73 Å². The van der Waals surface area contributed by atoms with E-state index in [2.05, 4.69) is 37.9 Å². The molecule has 0 saturated carbocycles. The van der Waals surface area contributed by atoms with Crippen LogP contribution in [0.5, 0.6) is 0 Å². The Hall–Kier alpha value is -1.51. The number of rotatable bonds is 5. The number of benzene rings is 1. The molecule has 1 aromatic rings. The van der Waals surface area contributed by atoms with Crippen molar-refractivity contribution in [1.82, 2.24) is 15.1 Å². The normalized spacial score (nSPS) is 20.9. The molecule has 156 valence electrons. The third-order valence-corrected chi connectivity index (χ3v) is 5.94. The number of hydrogen-bond donors (Lipinski definition) is 1. The number of carbonyl (C=O) groups excluding carboxylic acids is 1. The lowest BCUT2D eigenvalue weighted by Gasteiger charge is -2.50. The number of amides is 1. The van der Waals surface area contributed by atoms with Gasteiger partial charge in [-0.25, -0.2) is 5.01 Å². The van der Waals surface area contributed by atoms with Gasteiger partial charge in [0.05, 0.1) is 26.7 Å². The van der Waals surface area contributed by atoms with Crippen molar-refractivity contribution in [2.45, 2.75) is 45.7 Å². The molecule has 0 aromatic heterocycles. The zero-order chi connectivity index (χ0) is 20.3. The predicted molar refractivity (Wildman–Crippen MR) is 108 cm³/mol. The lowest BCUT2D eigenvalue weighted by atomic mass is 9.94. The molecule has 0 spiro atoms. The molecule has 7 heteroatoms. The Morgan fingerprint density at radius 1 is 1.14 bits per heavy atom. The molecule has 2 aliphatic heterocycles. The largest absolute Gasteiger partial charge is 0.379 e. The molecule has 2 aliphatic rings. The Labute approximate surface area is 168 Å². The van der Waals surface area contributed by atoms with Crippen LogP contribution in [0.4, 0.5) is 0 Å². The molecule has 0 atom stereocenters. The second-order valence-corrected chi connectivity index (χ2v) is 8.04. The van der Waals surface area contributed by atoms with E-state index in [1.54, 1.807) is 7.11 Å². The SMILES string of the molecule is CON1CCC(N)(N(C(=O)Cc2c(C)cc(C)cc2C)N2CCOCC2)CC1. The Morgan fingerprint density at radius 3 is 2.25 bits per heavy atom. The molecular formula is C21H34N4O3. The van der Waals surface area contributed by atoms with Crippen molar-refractivity contribution in [3.8, 4) is 0 Å². The topological polar surface area (TPSA) is 71.3 Å². The summed E-state index contributed by atoms with van der Waals surface area (Å²) in [4.78, 5) is 18.9. The predicted octanol–water partition coefficient (Wildman–Crippen LogP) is 1.54. The second kappa shape index (κ2) is 8.88. The highest BCUT2D eigenvalue weighted by Gasteiger charge is 2.42. The second-order valence-electron chi connectivity index (χ2n) is 8.04. The fourth-order valence-electron chi connectivity index (χ4n) is 4.42. The third-order valence-electron chi connectivity index (χ3n) is 5.94. The van der Waals surface area contributed by atoms with Crippen molar-refractivity contribution in [3.63, 3.8) is 0 Å². The van der Waals surface area contributed by atoms with Crippen LogP contribution in [0, 0.1) is 20.8 Å². The molecule has 0 bridgehead atoms. The van der Waals surface area contributed by atoms with Crippen LogP contribution in [0.2, 0.25) is 0 Å². The van der Waals surface area contributed by atoms with Gasteiger partial charge in [0.1, 0.15) is 5.66 Å². The van der Waals surface area contributed by atoms with Gasteiger partial charge in [0.2, 0.25) is 5.91 Å². The first-order valence-electron chi connectivity index (χ1n) is 10.1. The number of carbonyl (C=O) groups is 1. The monoisotopic (exact) mass is 390 g/mol. The lowest BCUT2D eigenvalue weighted by Crippen LogP contribution is -2.69. The highest BCUT2D eigenvalue weighted by atomic mass is 16.7. The van der Waals surface area contributed by atoms with E-state index < -0.39 is 5.66 Å². The van der Waals surface area contributed by atoms with Crippen molar-refractivity contribution in [2.75, 3.05) is 46.5 Å². The quantitative estimate of drug-likeness (QED) is 0.769. The van der Waals surface area contributed by atoms with Crippen molar-refractivity contribution in [3.05, 3.63) is 34.4 Å². The summed E-state index contributed by atoms with van der Waals surface area (Å²) in [7, 11) is 1.68. The molecular weight excluding hydrogens is 356 g/mol. The van der Waals surface area contributed by atoms with Gasteiger partial charge in [0.25, 0.3) is 0 Å². The minimum Gasteiger partial charge on any atom is -0.379 e. The molecule has 1 amide bonds. The zero-order valence-electron chi connectivity index (χ0n) is 17.7. The highest BCUT2D eigenvalue weighted by Crippen LogP contribution is 2.28. The van der Waals surface area contributed by atoms with Gasteiger partial charge in [-0.2, -0.15) is 5.06 Å². The summed E-state index contributed by atoms with van der Waals surface area (Å²) in [5.41, 5.74) is 10.8. The number of hydrogen-bond acceptors (Lipinski definition) is 6. The number of hydroxylamine groups is 2. The van der Waals surface area contributed by atoms with Crippen LogP contribution >= 0.6 is 0 Å². The molecule has 3 rings (SSSR count). The standard InChI is InChI=1S/C21H34N4O3/c1-16-13-17(2)19(18(3)14-16)15-20(26)25(23-9-11-28-12-10-23)21(22)5-7-24(27-4)8-6-21/h13-14H,5-12,15,22H2,1-4H3. The summed E-state index contributed by atoms with van der Waals surface area (Å²) in [6, 6.07) is 4.29. The van der Waals surface area contributed by atoms with Crippen LogP contribution in [-0.4, -0.2) is 73.2 Å². The molecule has 2 saturated heterocycles. The van der Waals surface area contributed by atoms with Gasteiger partial charge < -0.3 is 15.3 Å². The van der Waals surface area contributed by atoms with Crippen LogP contribution in [0.3, 0.4) is 0 Å². The Morgan fingerprint density at radius 2 is 1.71 bits per heavy atom. The molecule has 0 aliphatic carbocycles. The third kappa shape index (κ3) is 4.55. The zero-order valence-corrected chi connectivity index (χ0v) is 17.7. The first kappa shape index (κ1) is 21.2. The molecule has 2 heterocycles. The summed E-state index contributed by atoms with van der Waals surface area (Å²) in [6.07, 6.45) is 1.72. The van der Waals surface area contributed by atoms with E-state index in [9.17, 15) is 4.79 Å². The Kier molecular flexibility index (Phi) is 6.73. The van der Waals surface area contributed by atoms with Gasteiger partial charge >= 0.3 is 0 Å².